The minimum atomic E-state index is -0.386. The van der Waals surface area contributed by atoms with Crippen molar-refractivity contribution in [1.82, 2.24) is 25.2 Å². The molecule has 9 nitrogen and oxygen atoms in total. The molecule has 1 fully saturated rings. The van der Waals surface area contributed by atoms with E-state index in [4.69, 9.17) is 16.3 Å². The number of ether oxygens (including phenoxy) is 1. The molecule has 1 atom stereocenters. The van der Waals surface area contributed by atoms with E-state index in [0.29, 0.717) is 32.0 Å². The first-order chi connectivity index (χ1) is 15.4. The molecule has 0 bridgehead atoms. The van der Waals surface area contributed by atoms with E-state index in [0.717, 1.165) is 28.6 Å². The lowest BCUT2D eigenvalue weighted by atomic mass is 10.1. The third-order valence-electron chi connectivity index (χ3n) is 5.62. The molecule has 4 rings (SSSR count). The molecule has 4 N–H and O–H groups in total. The average Bonchev–Trinajstić information content (AvgIpc) is 3.17. The van der Waals surface area contributed by atoms with Crippen LogP contribution in [0.25, 0.3) is 10.9 Å². The van der Waals surface area contributed by atoms with Crippen molar-refractivity contribution in [3.63, 3.8) is 0 Å². The Morgan fingerprint density at radius 3 is 3.00 bits per heavy atom. The predicted molar refractivity (Wildman–Crippen MR) is 124 cm³/mol. The highest BCUT2D eigenvalue weighted by molar-refractivity contribution is 6.30. The number of rotatable bonds is 7. The van der Waals surface area contributed by atoms with Gasteiger partial charge in [0, 0.05) is 42.8 Å². The molecular weight excluding hydrogens is 432 g/mol. The summed E-state index contributed by atoms with van der Waals surface area (Å²) in [5, 5.41) is 10.5. The van der Waals surface area contributed by atoms with E-state index < -0.39 is 0 Å². The molecule has 1 amide bonds. The molecule has 10 heteroatoms. The quantitative estimate of drug-likeness (QED) is 0.428. The fourth-order valence-corrected chi connectivity index (χ4v) is 3.90. The van der Waals surface area contributed by atoms with E-state index in [1.165, 1.54) is 4.57 Å². The predicted octanol–water partition coefficient (Wildman–Crippen LogP) is 1.71. The summed E-state index contributed by atoms with van der Waals surface area (Å²) in [5.74, 6) is -0.161. The van der Waals surface area contributed by atoms with Crippen LogP contribution in [0.2, 0.25) is 5.15 Å². The summed E-state index contributed by atoms with van der Waals surface area (Å²) in [4.78, 5) is 32.9. The van der Waals surface area contributed by atoms with Gasteiger partial charge in [0.2, 0.25) is 5.91 Å². The fraction of sp³-hybridized carbons (Fsp3) is 0.409. The molecule has 1 saturated heterocycles. The van der Waals surface area contributed by atoms with Crippen LogP contribution in [0.5, 0.6) is 0 Å². The van der Waals surface area contributed by atoms with Gasteiger partial charge in [-0.15, -0.1) is 0 Å². The molecule has 0 aliphatic carbocycles. The monoisotopic (exact) mass is 458 g/mol. The zero-order valence-electron chi connectivity index (χ0n) is 18.1. The Hall–Kier alpha value is -2.88. The smallest absolute Gasteiger partial charge is 0.294 e. The Labute approximate surface area is 190 Å². The van der Waals surface area contributed by atoms with Gasteiger partial charge in [-0.3, -0.25) is 14.2 Å². The second kappa shape index (κ2) is 9.72. The summed E-state index contributed by atoms with van der Waals surface area (Å²) in [6.07, 6.45) is 1.96. The molecule has 0 radical (unpaired) electrons. The third-order valence-corrected chi connectivity index (χ3v) is 5.98. The standard InChI is InChI=1S/C22H27ClN6O3/c1-13-8-25-18-4-3-15(7-17(13)18)9-26-19(30)11-29-14(2)20(23)28-21(22(29)31)27-10-16-12-32-6-5-24-16/h3-4,7-8,16,24-25H,5-6,9-12H2,1-2H3,(H,26,30)(H,27,28)/t16-/m0/s1. The average molecular weight is 459 g/mol. The van der Waals surface area contributed by atoms with E-state index in [1.54, 1.807) is 6.92 Å². The number of carbonyl (C=O) groups is 1. The van der Waals surface area contributed by atoms with Gasteiger partial charge in [0.1, 0.15) is 6.54 Å². The first-order valence-corrected chi connectivity index (χ1v) is 11.0. The maximum absolute atomic E-state index is 12.9. The maximum atomic E-state index is 12.9. The number of aromatic nitrogens is 3. The van der Waals surface area contributed by atoms with Crippen LogP contribution >= 0.6 is 11.6 Å². The number of fused-ring (bicyclic) bond motifs is 1. The van der Waals surface area contributed by atoms with Crippen LogP contribution in [0.3, 0.4) is 0 Å². The molecule has 1 aliphatic heterocycles. The van der Waals surface area contributed by atoms with E-state index in [-0.39, 0.29) is 35.0 Å². The molecule has 1 aliphatic rings. The first kappa shape index (κ1) is 22.3. The molecule has 0 spiro atoms. The number of aromatic amines is 1. The van der Waals surface area contributed by atoms with Crippen LogP contribution in [0, 0.1) is 13.8 Å². The van der Waals surface area contributed by atoms with Crippen molar-refractivity contribution in [3.05, 3.63) is 56.7 Å². The van der Waals surface area contributed by atoms with Crippen LogP contribution in [0.4, 0.5) is 5.82 Å². The largest absolute Gasteiger partial charge is 0.378 e. The molecule has 3 aromatic rings. The van der Waals surface area contributed by atoms with Gasteiger partial charge in [0.25, 0.3) is 5.56 Å². The van der Waals surface area contributed by atoms with Gasteiger partial charge in [-0.2, -0.15) is 0 Å². The number of anilines is 1. The number of amides is 1. The van der Waals surface area contributed by atoms with Crippen LogP contribution in [0.1, 0.15) is 16.8 Å². The normalized spacial score (nSPS) is 16.3. The number of halogens is 1. The Morgan fingerprint density at radius 2 is 2.22 bits per heavy atom. The second-order valence-electron chi connectivity index (χ2n) is 7.96. The molecule has 170 valence electrons. The highest BCUT2D eigenvalue weighted by Crippen LogP contribution is 2.19. The number of aryl methyl sites for hydroxylation is 1. The van der Waals surface area contributed by atoms with Crippen LogP contribution in [-0.2, 0) is 22.6 Å². The molecule has 32 heavy (non-hydrogen) atoms. The Morgan fingerprint density at radius 1 is 1.38 bits per heavy atom. The summed E-state index contributed by atoms with van der Waals surface area (Å²) >= 11 is 6.24. The van der Waals surface area contributed by atoms with Crippen molar-refractivity contribution in [2.24, 2.45) is 0 Å². The van der Waals surface area contributed by atoms with Gasteiger partial charge < -0.3 is 25.7 Å². The number of carbonyl (C=O) groups excluding carboxylic acids is 1. The summed E-state index contributed by atoms with van der Waals surface area (Å²) in [6.45, 7) is 6.38. The van der Waals surface area contributed by atoms with Crippen LogP contribution < -0.4 is 21.5 Å². The number of hydrogen-bond acceptors (Lipinski definition) is 6. The van der Waals surface area contributed by atoms with Crippen LogP contribution in [-0.4, -0.2) is 52.8 Å². The van der Waals surface area contributed by atoms with Gasteiger partial charge in [-0.05, 0) is 37.1 Å². The van der Waals surface area contributed by atoms with Gasteiger partial charge >= 0.3 is 0 Å². The van der Waals surface area contributed by atoms with Crippen molar-refractivity contribution in [2.45, 2.75) is 33.0 Å². The van der Waals surface area contributed by atoms with Gasteiger partial charge in [0.15, 0.2) is 11.0 Å². The van der Waals surface area contributed by atoms with Gasteiger partial charge in [-0.1, -0.05) is 17.7 Å². The van der Waals surface area contributed by atoms with Crippen molar-refractivity contribution in [1.29, 1.82) is 0 Å². The number of benzene rings is 1. The molecular formula is C22H27ClN6O3. The first-order valence-electron chi connectivity index (χ1n) is 10.6. The molecule has 1 aromatic carbocycles. The topological polar surface area (TPSA) is 113 Å². The van der Waals surface area contributed by atoms with E-state index in [2.05, 4.69) is 25.9 Å². The molecule has 2 aromatic heterocycles. The van der Waals surface area contributed by atoms with Crippen molar-refractivity contribution in [2.75, 3.05) is 31.6 Å². The zero-order valence-corrected chi connectivity index (χ0v) is 18.9. The van der Waals surface area contributed by atoms with Crippen LogP contribution in [0.15, 0.2) is 29.2 Å². The summed E-state index contributed by atoms with van der Waals surface area (Å²) < 4.78 is 6.77. The number of hydrogen-bond donors (Lipinski definition) is 4. The summed E-state index contributed by atoms with van der Waals surface area (Å²) in [5.41, 5.74) is 3.25. The summed E-state index contributed by atoms with van der Waals surface area (Å²) in [7, 11) is 0. The Balaban J connectivity index is 1.42. The molecule has 3 heterocycles. The van der Waals surface area contributed by atoms with Gasteiger partial charge in [0.05, 0.1) is 18.9 Å². The summed E-state index contributed by atoms with van der Waals surface area (Å²) in [6, 6.07) is 6.07. The van der Waals surface area contributed by atoms with Crippen molar-refractivity contribution < 1.29 is 9.53 Å². The minimum Gasteiger partial charge on any atom is -0.378 e. The fourth-order valence-electron chi connectivity index (χ4n) is 3.71. The highest BCUT2D eigenvalue weighted by atomic mass is 35.5. The van der Waals surface area contributed by atoms with E-state index >= 15 is 0 Å². The number of nitrogens with one attached hydrogen (secondary N) is 4. The number of morpholine rings is 1. The minimum absolute atomic E-state index is 0.0720. The maximum Gasteiger partial charge on any atom is 0.294 e. The lowest BCUT2D eigenvalue weighted by Crippen LogP contribution is -2.46. The number of H-pyrrole nitrogens is 1. The zero-order chi connectivity index (χ0) is 22.7. The SMILES string of the molecule is Cc1c[nH]c2ccc(CNC(=O)Cn3c(C)c(Cl)nc(NC[C@H]4COCCN4)c3=O)cc12. The number of nitrogens with zero attached hydrogens (tertiary/aromatic N) is 2. The van der Waals surface area contributed by atoms with Gasteiger partial charge in [-0.25, -0.2) is 4.98 Å². The molecule has 0 saturated carbocycles. The van der Waals surface area contributed by atoms with E-state index in [9.17, 15) is 9.59 Å². The van der Waals surface area contributed by atoms with E-state index in [1.807, 2.05) is 31.3 Å². The van der Waals surface area contributed by atoms with Crippen molar-refractivity contribution in [3.8, 4) is 0 Å². The Bertz CT molecular complexity index is 1180. The second-order valence-corrected chi connectivity index (χ2v) is 8.32. The lowest BCUT2D eigenvalue weighted by molar-refractivity contribution is -0.121. The van der Waals surface area contributed by atoms with Crippen molar-refractivity contribution >= 4 is 34.2 Å². The highest BCUT2D eigenvalue weighted by Gasteiger charge is 2.18. The Kier molecular flexibility index (Phi) is 6.78. The molecule has 0 unspecified atom stereocenters. The third kappa shape index (κ3) is 4.95. The lowest BCUT2D eigenvalue weighted by Gasteiger charge is -2.24.